The van der Waals surface area contributed by atoms with Crippen LogP contribution in [0.3, 0.4) is 0 Å². The maximum Gasteiger partial charge on any atom is 0.414 e. The minimum atomic E-state index is -0.784. The molecule has 1 aliphatic carbocycles. The molecule has 0 saturated heterocycles. The summed E-state index contributed by atoms with van der Waals surface area (Å²) in [6.07, 6.45) is 1.79. The number of thioether (sulfide) groups is 1. The summed E-state index contributed by atoms with van der Waals surface area (Å²) in [5.74, 6) is 0.570. The molecule has 1 atom stereocenters. The van der Waals surface area contributed by atoms with Crippen LogP contribution in [0.25, 0.3) is 0 Å². The first-order chi connectivity index (χ1) is 14.4. The van der Waals surface area contributed by atoms with Gasteiger partial charge in [0, 0.05) is 9.77 Å². The number of carbonyl (C=O) groups excluding carboxylic acids is 3. The van der Waals surface area contributed by atoms with E-state index in [0.29, 0.717) is 22.0 Å². The number of nitrogens with one attached hydrogen (secondary N) is 2. The van der Waals surface area contributed by atoms with Crippen molar-refractivity contribution < 1.29 is 19.1 Å². The summed E-state index contributed by atoms with van der Waals surface area (Å²) >= 11 is 3.02. The second kappa shape index (κ2) is 10.1. The standard InChI is InChI=1S/C22H26N2O4S2/c1-4-28-22(27)24-20(26)18-14-11-10-13(3)12-17(14)30-21(18)23-19(25)15-8-6-7-9-16(15)29-5-2/h6-9,13H,4-5,10-12H2,1-3H3,(H,23,25)(H,24,26,27). The highest BCUT2D eigenvalue weighted by Gasteiger charge is 2.29. The van der Waals surface area contributed by atoms with Gasteiger partial charge in [0.25, 0.3) is 11.8 Å². The molecule has 1 heterocycles. The van der Waals surface area contributed by atoms with Gasteiger partial charge in [-0.25, -0.2) is 4.79 Å². The van der Waals surface area contributed by atoms with Gasteiger partial charge < -0.3 is 10.1 Å². The molecule has 0 aliphatic heterocycles. The normalized spacial score (nSPS) is 15.2. The lowest BCUT2D eigenvalue weighted by Gasteiger charge is -2.18. The van der Waals surface area contributed by atoms with Crippen molar-refractivity contribution in [3.63, 3.8) is 0 Å². The number of rotatable bonds is 6. The van der Waals surface area contributed by atoms with Crippen molar-refractivity contribution in [2.75, 3.05) is 17.7 Å². The van der Waals surface area contributed by atoms with Crippen molar-refractivity contribution in [3.05, 3.63) is 45.8 Å². The zero-order chi connectivity index (χ0) is 21.7. The number of imide groups is 1. The molecule has 1 aromatic carbocycles. The molecule has 2 aromatic rings. The predicted octanol–water partition coefficient (Wildman–Crippen LogP) is 5.12. The van der Waals surface area contributed by atoms with E-state index in [0.717, 1.165) is 40.4 Å². The highest BCUT2D eigenvalue weighted by molar-refractivity contribution is 7.99. The summed E-state index contributed by atoms with van der Waals surface area (Å²) in [6, 6.07) is 7.42. The van der Waals surface area contributed by atoms with Gasteiger partial charge in [-0.2, -0.15) is 0 Å². The number of ether oxygens (including phenoxy) is 1. The Kier molecular flexibility index (Phi) is 7.55. The van der Waals surface area contributed by atoms with Crippen LogP contribution in [-0.2, 0) is 17.6 Å². The lowest BCUT2D eigenvalue weighted by Crippen LogP contribution is -2.32. The molecular formula is C22H26N2O4S2. The van der Waals surface area contributed by atoms with Crippen molar-refractivity contribution in [2.45, 2.75) is 44.9 Å². The SMILES string of the molecule is CCOC(=O)NC(=O)c1c(NC(=O)c2ccccc2SCC)sc2c1CCC(C)C2. The van der Waals surface area contributed by atoms with Crippen LogP contribution in [0.2, 0.25) is 0 Å². The number of amides is 3. The van der Waals surface area contributed by atoms with Gasteiger partial charge in [-0.3, -0.25) is 14.9 Å². The van der Waals surface area contributed by atoms with Crippen LogP contribution in [0.5, 0.6) is 0 Å². The molecule has 3 amide bonds. The summed E-state index contributed by atoms with van der Waals surface area (Å²) < 4.78 is 4.85. The Hall–Kier alpha value is -2.32. The molecule has 0 saturated carbocycles. The fraction of sp³-hybridized carbons (Fsp3) is 0.409. The van der Waals surface area contributed by atoms with Crippen molar-refractivity contribution in [2.24, 2.45) is 5.92 Å². The summed E-state index contributed by atoms with van der Waals surface area (Å²) in [4.78, 5) is 39.7. The summed E-state index contributed by atoms with van der Waals surface area (Å²) in [5.41, 5.74) is 1.87. The minimum Gasteiger partial charge on any atom is -0.450 e. The largest absolute Gasteiger partial charge is 0.450 e. The van der Waals surface area contributed by atoms with Crippen LogP contribution in [-0.4, -0.2) is 30.3 Å². The number of carbonyl (C=O) groups is 3. The first-order valence-electron chi connectivity index (χ1n) is 10.1. The molecule has 8 heteroatoms. The molecule has 6 nitrogen and oxygen atoms in total. The number of alkyl carbamates (subject to hydrolysis) is 1. The maximum atomic E-state index is 13.0. The first kappa shape index (κ1) is 22.4. The van der Waals surface area contributed by atoms with Crippen LogP contribution < -0.4 is 10.6 Å². The minimum absolute atomic E-state index is 0.174. The van der Waals surface area contributed by atoms with Gasteiger partial charge in [-0.05, 0) is 55.6 Å². The van der Waals surface area contributed by atoms with Gasteiger partial charge in [-0.1, -0.05) is 26.0 Å². The van der Waals surface area contributed by atoms with Gasteiger partial charge in [0.05, 0.1) is 17.7 Å². The Morgan fingerprint density at radius 2 is 1.97 bits per heavy atom. The Bertz CT molecular complexity index is 955. The topological polar surface area (TPSA) is 84.5 Å². The fourth-order valence-corrected chi connectivity index (χ4v) is 5.71. The average molecular weight is 447 g/mol. The summed E-state index contributed by atoms with van der Waals surface area (Å²) in [6.45, 7) is 6.06. The number of thiophene rings is 1. The lowest BCUT2D eigenvalue weighted by atomic mass is 9.88. The third-order valence-corrected chi connectivity index (χ3v) is 7.01. The third kappa shape index (κ3) is 5.05. The van der Waals surface area contributed by atoms with E-state index in [-0.39, 0.29) is 12.5 Å². The smallest absolute Gasteiger partial charge is 0.414 e. The third-order valence-electron chi connectivity index (χ3n) is 4.89. The van der Waals surface area contributed by atoms with Crippen LogP contribution >= 0.6 is 23.1 Å². The van der Waals surface area contributed by atoms with E-state index in [1.807, 2.05) is 25.1 Å². The molecule has 0 fully saturated rings. The Balaban J connectivity index is 1.93. The Morgan fingerprint density at radius 3 is 2.70 bits per heavy atom. The molecule has 0 radical (unpaired) electrons. The number of anilines is 1. The van der Waals surface area contributed by atoms with Crippen LogP contribution in [0.1, 0.15) is 58.3 Å². The van der Waals surface area contributed by atoms with E-state index in [1.54, 1.807) is 24.8 Å². The van der Waals surface area contributed by atoms with Crippen molar-refractivity contribution in [1.82, 2.24) is 5.32 Å². The van der Waals surface area contributed by atoms with Crippen LogP contribution in [0, 0.1) is 5.92 Å². The molecule has 2 N–H and O–H groups in total. The molecule has 30 heavy (non-hydrogen) atoms. The highest BCUT2D eigenvalue weighted by atomic mass is 32.2. The summed E-state index contributed by atoms with van der Waals surface area (Å²) in [7, 11) is 0. The monoisotopic (exact) mass is 446 g/mol. The van der Waals surface area contributed by atoms with Crippen LogP contribution in [0.15, 0.2) is 29.2 Å². The Morgan fingerprint density at radius 1 is 1.20 bits per heavy atom. The van der Waals surface area contributed by atoms with E-state index < -0.39 is 12.0 Å². The Labute approximate surface area is 184 Å². The molecule has 1 aliphatic rings. The van der Waals surface area contributed by atoms with E-state index in [9.17, 15) is 14.4 Å². The molecule has 0 spiro atoms. The highest BCUT2D eigenvalue weighted by Crippen LogP contribution is 2.40. The molecule has 160 valence electrons. The van der Waals surface area contributed by atoms with Gasteiger partial charge in [-0.15, -0.1) is 23.1 Å². The molecular weight excluding hydrogens is 420 g/mol. The van der Waals surface area contributed by atoms with E-state index in [2.05, 4.69) is 17.6 Å². The molecule has 3 rings (SSSR count). The van der Waals surface area contributed by atoms with Gasteiger partial charge in [0.2, 0.25) is 0 Å². The zero-order valence-corrected chi connectivity index (χ0v) is 19.0. The zero-order valence-electron chi connectivity index (χ0n) is 17.4. The molecule has 1 aromatic heterocycles. The first-order valence-corrected chi connectivity index (χ1v) is 11.9. The average Bonchev–Trinajstić information content (AvgIpc) is 3.05. The molecule has 0 bridgehead atoms. The van der Waals surface area contributed by atoms with Gasteiger partial charge in [0.1, 0.15) is 5.00 Å². The van der Waals surface area contributed by atoms with Crippen molar-refractivity contribution in [3.8, 4) is 0 Å². The molecule has 1 unspecified atom stereocenters. The quantitative estimate of drug-likeness (QED) is 0.602. The van der Waals surface area contributed by atoms with Crippen molar-refractivity contribution >= 4 is 46.0 Å². The second-order valence-electron chi connectivity index (χ2n) is 7.11. The van der Waals surface area contributed by atoms with E-state index in [1.165, 1.54) is 11.3 Å². The second-order valence-corrected chi connectivity index (χ2v) is 9.52. The number of hydrogen-bond donors (Lipinski definition) is 2. The lowest BCUT2D eigenvalue weighted by molar-refractivity contribution is 0.0925. The number of benzene rings is 1. The van der Waals surface area contributed by atoms with Crippen molar-refractivity contribution in [1.29, 1.82) is 0 Å². The van der Waals surface area contributed by atoms with Gasteiger partial charge >= 0.3 is 6.09 Å². The number of fused-ring (bicyclic) bond motifs is 1. The fourth-order valence-electron chi connectivity index (χ4n) is 3.51. The number of hydrogen-bond acceptors (Lipinski definition) is 6. The summed E-state index contributed by atoms with van der Waals surface area (Å²) in [5, 5.41) is 5.70. The maximum absolute atomic E-state index is 13.0. The van der Waals surface area contributed by atoms with Gasteiger partial charge in [0.15, 0.2) is 0 Å². The predicted molar refractivity (Wildman–Crippen MR) is 121 cm³/mol. The van der Waals surface area contributed by atoms with Crippen LogP contribution in [0.4, 0.5) is 9.80 Å². The van der Waals surface area contributed by atoms with E-state index >= 15 is 0 Å². The van der Waals surface area contributed by atoms with E-state index in [4.69, 9.17) is 4.74 Å².